The zero-order chi connectivity index (χ0) is 21.8. The van der Waals surface area contributed by atoms with Crippen LogP contribution in [0.5, 0.6) is 5.75 Å². The van der Waals surface area contributed by atoms with E-state index in [-0.39, 0.29) is 29.4 Å². The number of hydrogen-bond donors (Lipinski definition) is 2. The van der Waals surface area contributed by atoms with Crippen LogP contribution < -0.4 is 15.0 Å². The molecule has 1 fully saturated rings. The molecule has 8 nitrogen and oxygen atoms in total. The van der Waals surface area contributed by atoms with Crippen LogP contribution in [0.3, 0.4) is 0 Å². The van der Waals surface area contributed by atoms with Gasteiger partial charge in [0.15, 0.2) is 34.6 Å². The molecule has 1 aliphatic heterocycles. The van der Waals surface area contributed by atoms with Crippen LogP contribution in [0.15, 0.2) is 18.2 Å². The molecule has 0 aliphatic carbocycles. The molecule has 2 heterocycles. The fourth-order valence-corrected chi connectivity index (χ4v) is 3.18. The number of nitrogens with one attached hydrogen (secondary N) is 1. The number of aromatic nitrogens is 2. The lowest BCUT2D eigenvalue weighted by Crippen LogP contribution is -2.39. The van der Waals surface area contributed by atoms with Crippen molar-refractivity contribution in [1.82, 2.24) is 9.97 Å². The van der Waals surface area contributed by atoms with E-state index >= 15 is 0 Å². The third kappa shape index (κ3) is 4.74. The highest BCUT2D eigenvalue weighted by atomic mass is 19.1. The SMILES string of the molecule is CC(C)Nc1nc(C(=O)O)c(C#N)nc1N1CCC(Oc2ccc(F)cc2F)CC1. The lowest BCUT2D eigenvalue weighted by atomic mass is 10.1. The predicted molar refractivity (Wildman–Crippen MR) is 105 cm³/mol. The molecule has 1 saturated heterocycles. The minimum Gasteiger partial charge on any atom is -0.487 e. The second-order valence-electron chi connectivity index (χ2n) is 7.19. The van der Waals surface area contributed by atoms with Crippen molar-refractivity contribution in [2.75, 3.05) is 23.3 Å². The van der Waals surface area contributed by atoms with Gasteiger partial charge in [-0.15, -0.1) is 0 Å². The van der Waals surface area contributed by atoms with Crippen molar-refractivity contribution in [3.05, 3.63) is 41.2 Å². The van der Waals surface area contributed by atoms with Gasteiger partial charge in [0, 0.05) is 38.0 Å². The van der Waals surface area contributed by atoms with Gasteiger partial charge in [-0.1, -0.05) is 0 Å². The summed E-state index contributed by atoms with van der Waals surface area (Å²) in [5.74, 6) is -2.09. The van der Waals surface area contributed by atoms with Crippen molar-refractivity contribution < 1.29 is 23.4 Å². The van der Waals surface area contributed by atoms with Crippen LogP contribution in [0, 0.1) is 23.0 Å². The van der Waals surface area contributed by atoms with Gasteiger partial charge in [-0.05, 0) is 26.0 Å². The maximum absolute atomic E-state index is 13.8. The number of nitrogens with zero attached hydrogens (tertiary/aromatic N) is 4. The highest BCUT2D eigenvalue weighted by Crippen LogP contribution is 2.29. The van der Waals surface area contributed by atoms with Gasteiger partial charge in [0.2, 0.25) is 0 Å². The highest BCUT2D eigenvalue weighted by Gasteiger charge is 2.27. The van der Waals surface area contributed by atoms with Crippen molar-refractivity contribution in [1.29, 1.82) is 5.26 Å². The molecule has 0 amide bonds. The third-order valence-electron chi connectivity index (χ3n) is 4.54. The maximum Gasteiger partial charge on any atom is 0.357 e. The summed E-state index contributed by atoms with van der Waals surface area (Å²) in [4.78, 5) is 21.6. The molecular formula is C20H21F2N5O3. The monoisotopic (exact) mass is 417 g/mol. The van der Waals surface area contributed by atoms with Crippen LogP contribution in [-0.4, -0.2) is 46.3 Å². The summed E-state index contributed by atoms with van der Waals surface area (Å²) in [5.41, 5.74) is -0.673. The quantitative estimate of drug-likeness (QED) is 0.737. The van der Waals surface area contributed by atoms with Crippen molar-refractivity contribution in [3.63, 3.8) is 0 Å². The van der Waals surface area contributed by atoms with Crippen molar-refractivity contribution >= 4 is 17.6 Å². The summed E-state index contributed by atoms with van der Waals surface area (Å²) in [7, 11) is 0. The predicted octanol–water partition coefficient (Wildman–Crippen LogP) is 3.19. The van der Waals surface area contributed by atoms with E-state index < -0.39 is 23.3 Å². The van der Waals surface area contributed by atoms with Crippen LogP contribution in [0.25, 0.3) is 0 Å². The Bertz CT molecular complexity index is 985. The Labute approximate surface area is 172 Å². The molecule has 1 aromatic heterocycles. The molecule has 158 valence electrons. The maximum atomic E-state index is 13.8. The zero-order valence-electron chi connectivity index (χ0n) is 16.5. The first-order valence-corrected chi connectivity index (χ1v) is 9.47. The smallest absolute Gasteiger partial charge is 0.357 e. The summed E-state index contributed by atoms with van der Waals surface area (Å²) in [5, 5.41) is 21.7. The largest absolute Gasteiger partial charge is 0.487 e. The number of anilines is 2. The average molecular weight is 417 g/mol. The van der Waals surface area contributed by atoms with Crippen molar-refractivity contribution in [3.8, 4) is 11.8 Å². The zero-order valence-corrected chi connectivity index (χ0v) is 16.5. The van der Waals surface area contributed by atoms with E-state index in [4.69, 9.17) is 4.74 Å². The highest BCUT2D eigenvalue weighted by molar-refractivity contribution is 5.89. The number of carboxylic acids is 1. The number of nitriles is 1. The molecule has 1 aliphatic rings. The molecule has 3 rings (SSSR count). The summed E-state index contributed by atoms with van der Waals surface area (Å²) in [6.45, 7) is 4.71. The molecule has 0 unspecified atom stereocenters. The first kappa shape index (κ1) is 21.2. The number of aromatic carboxylic acids is 1. The second kappa shape index (κ2) is 8.90. The number of ether oxygens (including phenoxy) is 1. The minimum absolute atomic E-state index is 0.00520. The molecule has 0 bridgehead atoms. The fourth-order valence-electron chi connectivity index (χ4n) is 3.18. The Morgan fingerprint density at radius 2 is 2.03 bits per heavy atom. The van der Waals surface area contributed by atoms with E-state index in [0.29, 0.717) is 31.7 Å². The van der Waals surface area contributed by atoms with Gasteiger partial charge >= 0.3 is 5.97 Å². The summed E-state index contributed by atoms with van der Waals surface area (Å²) >= 11 is 0. The lowest BCUT2D eigenvalue weighted by molar-refractivity contribution is 0.0689. The fraction of sp³-hybridized carbons (Fsp3) is 0.400. The molecule has 2 N–H and O–H groups in total. The van der Waals surface area contributed by atoms with Gasteiger partial charge < -0.3 is 20.1 Å². The van der Waals surface area contributed by atoms with Gasteiger partial charge in [0.1, 0.15) is 18.0 Å². The number of carbonyl (C=O) groups is 1. The number of carboxylic acid groups (broad SMARTS) is 1. The molecule has 0 radical (unpaired) electrons. The van der Waals surface area contributed by atoms with Crippen molar-refractivity contribution in [2.24, 2.45) is 0 Å². The topological polar surface area (TPSA) is 111 Å². The summed E-state index contributed by atoms with van der Waals surface area (Å²) in [6, 6.07) is 4.93. The average Bonchev–Trinajstić information content (AvgIpc) is 2.70. The minimum atomic E-state index is -1.33. The number of rotatable bonds is 6. The van der Waals surface area contributed by atoms with E-state index in [9.17, 15) is 23.9 Å². The van der Waals surface area contributed by atoms with E-state index in [0.717, 1.165) is 12.1 Å². The van der Waals surface area contributed by atoms with Crippen LogP contribution in [-0.2, 0) is 0 Å². The van der Waals surface area contributed by atoms with Gasteiger partial charge in [-0.2, -0.15) is 5.26 Å². The Hall–Kier alpha value is -3.48. The second-order valence-corrected chi connectivity index (χ2v) is 7.19. The Balaban J connectivity index is 1.78. The standard InChI is InChI=1S/C20H21F2N5O3/c1-11(2)24-18-19(25-15(10-23)17(26-18)20(28)29)27-7-5-13(6-8-27)30-16-4-3-12(21)9-14(16)22/h3-4,9,11,13H,5-8H2,1-2H3,(H,24,26)(H,28,29). The van der Waals surface area contributed by atoms with Crippen LogP contribution in [0.1, 0.15) is 42.9 Å². The van der Waals surface area contributed by atoms with Gasteiger partial charge in [-0.25, -0.2) is 23.5 Å². The van der Waals surface area contributed by atoms with E-state index in [2.05, 4.69) is 15.3 Å². The van der Waals surface area contributed by atoms with Crippen LogP contribution >= 0.6 is 0 Å². The Morgan fingerprint density at radius 3 is 2.60 bits per heavy atom. The van der Waals surface area contributed by atoms with Gasteiger partial charge in [0.05, 0.1) is 0 Å². The molecule has 0 saturated carbocycles. The van der Waals surface area contributed by atoms with Crippen molar-refractivity contribution in [2.45, 2.75) is 38.8 Å². The molecule has 10 heteroatoms. The number of piperidine rings is 1. The number of hydrogen-bond acceptors (Lipinski definition) is 7. The third-order valence-corrected chi connectivity index (χ3v) is 4.54. The molecule has 2 aromatic rings. The van der Waals surface area contributed by atoms with Crippen LogP contribution in [0.2, 0.25) is 0 Å². The van der Waals surface area contributed by atoms with E-state index in [1.807, 2.05) is 18.7 Å². The summed E-state index contributed by atoms with van der Waals surface area (Å²) < 4.78 is 32.5. The molecule has 1 aromatic carbocycles. The molecule has 0 spiro atoms. The number of halogens is 2. The number of benzene rings is 1. The Morgan fingerprint density at radius 1 is 1.33 bits per heavy atom. The molecule has 0 atom stereocenters. The molecular weight excluding hydrogens is 396 g/mol. The Kier molecular flexibility index (Phi) is 6.30. The van der Waals surface area contributed by atoms with E-state index in [1.165, 1.54) is 6.07 Å². The first-order valence-electron chi connectivity index (χ1n) is 9.47. The summed E-state index contributed by atoms with van der Waals surface area (Å²) in [6.07, 6.45) is 0.786. The van der Waals surface area contributed by atoms with Gasteiger partial charge in [-0.3, -0.25) is 0 Å². The van der Waals surface area contributed by atoms with Gasteiger partial charge in [0.25, 0.3) is 0 Å². The first-order chi connectivity index (χ1) is 14.3. The normalized spacial score (nSPS) is 14.5. The van der Waals surface area contributed by atoms with E-state index in [1.54, 1.807) is 6.07 Å². The molecule has 30 heavy (non-hydrogen) atoms. The van der Waals surface area contributed by atoms with Crippen LogP contribution in [0.4, 0.5) is 20.4 Å². The lowest BCUT2D eigenvalue weighted by Gasteiger charge is -2.34.